The lowest BCUT2D eigenvalue weighted by Gasteiger charge is -2.11. The molecule has 0 bridgehead atoms. The van der Waals surface area contributed by atoms with E-state index in [1.807, 2.05) is 30.3 Å². The molecule has 4 aromatic rings. The number of halogens is 2. The van der Waals surface area contributed by atoms with E-state index >= 15 is 0 Å². The van der Waals surface area contributed by atoms with Crippen LogP contribution in [0.1, 0.15) is 0 Å². The van der Waals surface area contributed by atoms with E-state index < -0.39 is 0 Å². The zero-order valence-electron chi connectivity index (χ0n) is 12.7. The molecule has 0 aliphatic heterocycles. The van der Waals surface area contributed by atoms with Crippen molar-refractivity contribution < 1.29 is 8.78 Å². The van der Waals surface area contributed by atoms with E-state index in [0.29, 0.717) is 0 Å². The molecule has 1 aromatic heterocycles. The average Bonchev–Trinajstić information content (AvgIpc) is 2.62. The van der Waals surface area contributed by atoms with Crippen LogP contribution in [0.2, 0.25) is 0 Å². The van der Waals surface area contributed by atoms with Crippen LogP contribution in [0.3, 0.4) is 0 Å². The SMILES string of the molecule is Fc1ccc(-c2cc3ccccc3nc2-c2ccc(F)cc2)cc1. The van der Waals surface area contributed by atoms with Crippen LogP contribution < -0.4 is 0 Å². The Kier molecular flexibility index (Phi) is 3.54. The molecule has 0 N–H and O–H groups in total. The van der Waals surface area contributed by atoms with Crippen LogP contribution in [0.5, 0.6) is 0 Å². The van der Waals surface area contributed by atoms with Crippen molar-refractivity contribution in [2.24, 2.45) is 0 Å². The second kappa shape index (κ2) is 5.85. The Morgan fingerprint density at radius 3 is 1.88 bits per heavy atom. The van der Waals surface area contributed by atoms with Crippen LogP contribution in [-0.4, -0.2) is 4.98 Å². The lowest BCUT2D eigenvalue weighted by Crippen LogP contribution is -1.92. The van der Waals surface area contributed by atoms with E-state index in [1.54, 1.807) is 24.3 Å². The normalized spacial score (nSPS) is 10.9. The van der Waals surface area contributed by atoms with Gasteiger partial charge >= 0.3 is 0 Å². The molecular weight excluding hydrogens is 304 g/mol. The summed E-state index contributed by atoms with van der Waals surface area (Å²) in [5, 5.41) is 1.00. The quantitative estimate of drug-likeness (QED) is 0.452. The minimum atomic E-state index is -0.289. The second-order valence-corrected chi connectivity index (χ2v) is 5.59. The lowest BCUT2D eigenvalue weighted by atomic mass is 9.97. The van der Waals surface area contributed by atoms with Crippen molar-refractivity contribution in [2.45, 2.75) is 0 Å². The Bertz CT molecular complexity index is 922. The van der Waals surface area contributed by atoms with E-state index in [9.17, 15) is 8.78 Å². The number of para-hydroxylation sites is 1. The summed E-state index contributed by atoms with van der Waals surface area (Å²) in [6.45, 7) is 0. The van der Waals surface area contributed by atoms with Crippen LogP contribution in [-0.2, 0) is 0 Å². The number of hydrogen-bond donors (Lipinski definition) is 0. The summed E-state index contributed by atoms with van der Waals surface area (Å²) < 4.78 is 26.5. The molecule has 3 aromatic carbocycles. The Hall–Kier alpha value is -3.07. The molecule has 0 aliphatic carbocycles. The molecular formula is C21H13F2N. The number of fused-ring (bicyclic) bond motifs is 1. The number of nitrogens with zero attached hydrogens (tertiary/aromatic N) is 1. The molecule has 1 heterocycles. The van der Waals surface area contributed by atoms with Gasteiger partial charge < -0.3 is 0 Å². The van der Waals surface area contributed by atoms with E-state index in [1.165, 1.54) is 24.3 Å². The third-order valence-electron chi connectivity index (χ3n) is 4.00. The maximum absolute atomic E-state index is 13.3. The first-order valence-electron chi connectivity index (χ1n) is 7.62. The molecule has 0 aliphatic rings. The minimum absolute atomic E-state index is 0.282. The maximum atomic E-state index is 13.3. The summed E-state index contributed by atoms with van der Waals surface area (Å²) in [4.78, 5) is 4.76. The molecule has 0 unspecified atom stereocenters. The fraction of sp³-hybridized carbons (Fsp3) is 0. The summed E-state index contributed by atoms with van der Waals surface area (Å²) in [6, 6.07) is 22.4. The maximum Gasteiger partial charge on any atom is 0.123 e. The fourth-order valence-electron chi connectivity index (χ4n) is 2.79. The van der Waals surface area contributed by atoms with Crippen molar-refractivity contribution in [3.63, 3.8) is 0 Å². The number of aromatic nitrogens is 1. The second-order valence-electron chi connectivity index (χ2n) is 5.59. The predicted octanol–water partition coefficient (Wildman–Crippen LogP) is 5.85. The highest BCUT2D eigenvalue weighted by molar-refractivity contribution is 5.91. The summed E-state index contributed by atoms with van der Waals surface area (Å²) in [5.74, 6) is -0.571. The topological polar surface area (TPSA) is 12.9 Å². The first-order chi connectivity index (χ1) is 11.7. The van der Waals surface area contributed by atoms with E-state index in [-0.39, 0.29) is 11.6 Å². The molecule has 0 saturated heterocycles. The summed E-state index contributed by atoms with van der Waals surface area (Å²) in [5.41, 5.74) is 4.19. The van der Waals surface area contributed by atoms with Gasteiger partial charge in [0.1, 0.15) is 11.6 Å². The van der Waals surface area contributed by atoms with E-state index in [0.717, 1.165) is 33.3 Å². The predicted molar refractivity (Wildman–Crippen MR) is 92.5 cm³/mol. The third kappa shape index (κ3) is 2.65. The molecule has 0 atom stereocenters. The van der Waals surface area contributed by atoms with Gasteiger partial charge in [0, 0.05) is 16.5 Å². The van der Waals surface area contributed by atoms with Crippen LogP contribution >= 0.6 is 0 Å². The Morgan fingerprint density at radius 2 is 1.21 bits per heavy atom. The molecule has 0 radical (unpaired) electrons. The van der Waals surface area contributed by atoms with Crippen molar-refractivity contribution in [1.29, 1.82) is 0 Å². The van der Waals surface area contributed by atoms with Gasteiger partial charge in [-0.05, 0) is 54.1 Å². The van der Waals surface area contributed by atoms with Gasteiger partial charge in [0.15, 0.2) is 0 Å². The minimum Gasteiger partial charge on any atom is -0.247 e. The monoisotopic (exact) mass is 317 g/mol. The van der Waals surface area contributed by atoms with Crippen LogP contribution in [0.15, 0.2) is 78.9 Å². The smallest absolute Gasteiger partial charge is 0.123 e. The Labute approximate surface area is 138 Å². The number of hydrogen-bond acceptors (Lipinski definition) is 1. The highest BCUT2D eigenvalue weighted by Gasteiger charge is 2.11. The summed E-state index contributed by atoms with van der Waals surface area (Å²) in [6.07, 6.45) is 0. The van der Waals surface area contributed by atoms with Crippen molar-refractivity contribution in [3.8, 4) is 22.4 Å². The molecule has 0 saturated carbocycles. The van der Waals surface area contributed by atoms with Crippen molar-refractivity contribution in [2.75, 3.05) is 0 Å². The molecule has 0 spiro atoms. The van der Waals surface area contributed by atoms with Gasteiger partial charge in [-0.15, -0.1) is 0 Å². The van der Waals surface area contributed by atoms with Gasteiger partial charge in [0.25, 0.3) is 0 Å². The van der Waals surface area contributed by atoms with E-state index in [2.05, 4.69) is 0 Å². The van der Waals surface area contributed by atoms with Gasteiger partial charge in [0.05, 0.1) is 11.2 Å². The zero-order chi connectivity index (χ0) is 16.5. The standard InChI is InChI=1S/C21H13F2N/c22-17-9-5-14(6-10-17)19-13-16-3-1-2-4-20(16)24-21(19)15-7-11-18(23)12-8-15/h1-13H. The van der Waals surface area contributed by atoms with Crippen LogP contribution in [0.4, 0.5) is 8.78 Å². The molecule has 4 rings (SSSR count). The molecule has 0 amide bonds. The molecule has 116 valence electrons. The number of rotatable bonds is 2. The highest BCUT2D eigenvalue weighted by atomic mass is 19.1. The van der Waals surface area contributed by atoms with Crippen LogP contribution in [0, 0.1) is 11.6 Å². The van der Waals surface area contributed by atoms with Crippen molar-refractivity contribution >= 4 is 10.9 Å². The molecule has 0 fully saturated rings. The first kappa shape index (κ1) is 14.5. The molecule has 3 heteroatoms. The van der Waals surface area contributed by atoms with Crippen LogP contribution in [0.25, 0.3) is 33.3 Å². The van der Waals surface area contributed by atoms with Gasteiger partial charge in [-0.1, -0.05) is 30.3 Å². The van der Waals surface area contributed by atoms with Gasteiger partial charge in [-0.3, -0.25) is 0 Å². The summed E-state index contributed by atoms with van der Waals surface area (Å²) in [7, 11) is 0. The molecule has 24 heavy (non-hydrogen) atoms. The molecule has 1 nitrogen and oxygen atoms in total. The van der Waals surface area contributed by atoms with E-state index in [4.69, 9.17) is 4.98 Å². The van der Waals surface area contributed by atoms with Crippen molar-refractivity contribution in [3.05, 3.63) is 90.5 Å². The Morgan fingerprint density at radius 1 is 0.625 bits per heavy atom. The Balaban J connectivity index is 2.00. The largest absolute Gasteiger partial charge is 0.247 e. The van der Waals surface area contributed by atoms with Gasteiger partial charge in [-0.2, -0.15) is 0 Å². The first-order valence-corrected chi connectivity index (χ1v) is 7.62. The number of pyridine rings is 1. The van der Waals surface area contributed by atoms with Gasteiger partial charge in [-0.25, -0.2) is 13.8 Å². The third-order valence-corrected chi connectivity index (χ3v) is 4.00. The average molecular weight is 317 g/mol. The highest BCUT2D eigenvalue weighted by Crippen LogP contribution is 2.33. The lowest BCUT2D eigenvalue weighted by molar-refractivity contribution is 0.627. The fourth-order valence-corrected chi connectivity index (χ4v) is 2.79. The number of benzene rings is 3. The zero-order valence-corrected chi connectivity index (χ0v) is 12.7. The van der Waals surface area contributed by atoms with Gasteiger partial charge in [0.2, 0.25) is 0 Å². The summed E-state index contributed by atoms with van der Waals surface area (Å²) >= 11 is 0. The van der Waals surface area contributed by atoms with Crippen molar-refractivity contribution in [1.82, 2.24) is 4.98 Å².